The molecule has 0 atom stereocenters. The van der Waals surface area contributed by atoms with Crippen LogP contribution in [0, 0.1) is 0 Å². The van der Waals surface area contributed by atoms with Gasteiger partial charge < -0.3 is 4.74 Å². The number of esters is 1. The van der Waals surface area contributed by atoms with E-state index in [2.05, 4.69) is 11.9 Å². The van der Waals surface area contributed by atoms with Gasteiger partial charge in [0.1, 0.15) is 0 Å². The Balaban J connectivity index is 2.10. The Kier molecular flexibility index (Phi) is 4.37. The fourth-order valence-corrected chi connectivity index (χ4v) is 2.71. The molecule has 3 nitrogen and oxygen atoms in total. The first-order valence-corrected chi connectivity index (χ1v) is 6.59. The summed E-state index contributed by atoms with van der Waals surface area (Å²) in [4.78, 5) is 14.1. The highest BCUT2D eigenvalue weighted by atomic mass is 16.5. The molecule has 0 aliphatic heterocycles. The highest BCUT2D eigenvalue weighted by Crippen LogP contribution is 2.24. The zero-order valence-electron chi connectivity index (χ0n) is 11.2. The van der Waals surface area contributed by atoms with E-state index in [9.17, 15) is 4.79 Å². The van der Waals surface area contributed by atoms with Gasteiger partial charge in [-0.2, -0.15) is 0 Å². The van der Waals surface area contributed by atoms with Gasteiger partial charge in [-0.25, -0.2) is 4.79 Å². The molecule has 0 radical (unpaired) electrons. The number of rotatable bonds is 4. The molecule has 18 heavy (non-hydrogen) atoms. The summed E-state index contributed by atoms with van der Waals surface area (Å²) in [5.41, 5.74) is 1.74. The van der Waals surface area contributed by atoms with Crippen LogP contribution in [0.3, 0.4) is 0 Å². The summed E-state index contributed by atoms with van der Waals surface area (Å²) in [5, 5.41) is 0. The first-order chi connectivity index (χ1) is 8.72. The average molecular weight is 247 g/mol. The Morgan fingerprint density at radius 1 is 1.33 bits per heavy atom. The summed E-state index contributed by atoms with van der Waals surface area (Å²) in [5.74, 6) is -0.245. The highest BCUT2D eigenvalue weighted by molar-refractivity contribution is 5.90. The maximum Gasteiger partial charge on any atom is 0.338 e. The fourth-order valence-electron chi connectivity index (χ4n) is 2.71. The molecule has 1 aromatic rings. The van der Waals surface area contributed by atoms with Crippen molar-refractivity contribution in [2.45, 2.75) is 38.3 Å². The molecule has 0 amide bonds. The van der Waals surface area contributed by atoms with Crippen molar-refractivity contribution in [3.8, 4) is 0 Å². The molecule has 0 bridgehead atoms. The number of carbonyl (C=O) groups is 1. The van der Waals surface area contributed by atoms with Crippen LogP contribution in [0.5, 0.6) is 0 Å². The van der Waals surface area contributed by atoms with Gasteiger partial charge in [-0.15, -0.1) is 0 Å². The van der Waals surface area contributed by atoms with E-state index in [-0.39, 0.29) is 5.97 Å². The second-order valence-electron chi connectivity index (χ2n) is 5.00. The van der Waals surface area contributed by atoms with Crippen molar-refractivity contribution in [1.29, 1.82) is 0 Å². The van der Waals surface area contributed by atoms with Gasteiger partial charge >= 0.3 is 5.97 Å². The average Bonchev–Trinajstić information content (AvgIpc) is 2.92. The third kappa shape index (κ3) is 2.91. The third-order valence-corrected chi connectivity index (χ3v) is 3.79. The normalized spacial score (nSPS) is 16.2. The number of hydrogen-bond donors (Lipinski definition) is 0. The maximum absolute atomic E-state index is 11.7. The molecular weight excluding hydrogens is 226 g/mol. The van der Waals surface area contributed by atoms with Crippen LogP contribution < -0.4 is 0 Å². The second kappa shape index (κ2) is 6.01. The molecular formula is C15H21NO2. The Labute approximate surface area is 109 Å². The number of nitrogens with zero attached hydrogens (tertiary/aromatic N) is 1. The van der Waals surface area contributed by atoms with Crippen molar-refractivity contribution in [2.24, 2.45) is 0 Å². The third-order valence-electron chi connectivity index (χ3n) is 3.79. The monoisotopic (exact) mass is 247 g/mol. The number of ether oxygens (including phenoxy) is 1. The fraction of sp³-hybridized carbons (Fsp3) is 0.533. The predicted octanol–water partition coefficient (Wildman–Crippen LogP) is 2.85. The van der Waals surface area contributed by atoms with Crippen LogP contribution in [0.15, 0.2) is 24.3 Å². The minimum Gasteiger partial charge on any atom is -0.465 e. The number of hydrogen-bond acceptors (Lipinski definition) is 3. The van der Waals surface area contributed by atoms with E-state index in [1.54, 1.807) is 0 Å². The lowest BCUT2D eigenvalue weighted by Crippen LogP contribution is -2.29. The zero-order valence-corrected chi connectivity index (χ0v) is 11.2. The first kappa shape index (κ1) is 13.1. The van der Waals surface area contributed by atoms with Crippen LogP contribution in [0.4, 0.5) is 0 Å². The molecule has 3 heteroatoms. The van der Waals surface area contributed by atoms with Gasteiger partial charge in [0.15, 0.2) is 0 Å². The lowest BCUT2D eigenvalue weighted by Gasteiger charge is -2.24. The van der Waals surface area contributed by atoms with Crippen molar-refractivity contribution < 1.29 is 9.53 Å². The standard InChI is InChI=1S/C15H21NO2/c1-16(13-8-4-5-9-13)11-12-7-3-6-10-14(12)15(17)18-2/h3,6-7,10,13H,4-5,8-9,11H2,1-2H3. The Morgan fingerprint density at radius 2 is 2.00 bits per heavy atom. The van der Waals surface area contributed by atoms with Crippen molar-refractivity contribution in [2.75, 3.05) is 14.2 Å². The van der Waals surface area contributed by atoms with Crippen LogP contribution in [-0.4, -0.2) is 31.1 Å². The molecule has 1 aliphatic rings. The number of benzene rings is 1. The van der Waals surface area contributed by atoms with E-state index in [4.69, 9.17) is 4.74 Å². The topological polar surface area (TPSA) is 29.5 Å². The molecule has 0 heterocycles. The van der Waals surface area contributed by atoms with E-state index in [0.29, 0.717) is 11.6 Å². The van der Waals surface area contributed by atoms with E-state index in [1.165, 1.54) is 32.8 Å². The molecule has 1 aliphatic carbocycles. The van der Waals surface area contributed by atoms with Gasteiger partial charge in [-0.3, -0.25) is 4.90 Å². The molecule has 98 valence electrons. The Bertz CT molecular complexity index is 411. The summed E-state index contributed by atoms with van der Waals surface area (Å²) in [6.07, 6.45) is 5.20. The second-order valence-corrected chi connectivity index (χ2v) is 5.00. The van der Waals surface area contributed by atoms with Crippen LogP contribution in [0.2, 0.25) is 0 Å². The number of methoxy groups -OCH3 is 1. The first-order valence-electron chi connectivity index (χ1n) is 6.59. The van der Waals surface area contributed by atoms with Crippen molar-refractivity contribution in [1.82, 2.24) is 4.90 Å². The van der Waals surface area contributed by atoms with Crippen LogP contribution in [0.25, 0.3) is 0 Å². The van der Waals surface area contributed by atoms with Gasteiger partial charge in [-0.05, 0) is 31.5 Å². The minimum atomic E-state index is -0.245. The Hall–Kier alpha value is -1.35. The van der Waals surface area contributed by atoms with Crippen molar-refractivity contribution in [3.05, 3.63) is 35.4 Å². The van der Waals surface area contributed by atoms with E-state index < -0.39 is 0 Å². The van der Waals surface area contributed by atoms with Crippen LogP contribution in [-0.2, 0) is 11.3 Å². The molecule has 0 spiro atoms. The molecule has 0 saturated heterocycles. The number of carbonyl (C=O) groups excluding carboxylic acids is 1. The van der Waals surface area contributed by atoms with Crippen molar-refractivity contribution in [3.63, 3.8) is 0 Å². The summed E-state index contributed by atoms with van der Waals surface area (Å²) in [7, 11) is 3.57. The molecule has 2 rings (SSSR count). The van der Waals surface area contributed by atoms with Crippen molar-refractivity contribution >= 4 is 5.97 Å². The molecule has 1 aromatic carbocycles. The molecule has 1 saturated carbocycles. The lowest BCUT2D eigenvalue weighted by atomic mass is 10.1. The smallest absolute Gasteiger partial charge is 0.338 e. The van der Waals surface area contributed by atoms with E-state index >= 15 is 0 Å². The molecule has 0 aromatic heterocycles. The molecule has 0 unspecified atom stereocenters. The van der Waals surface area contributed by atoms with Gasteiger partial charge in [0.05, 0.1) is 12.7 Å². The highest BCUT2D eigenvalue weighted by Gasteiger charge is 2.21. The van der Waals surface area contributed by atoms with Gasteiger partial charge in [0.25, 0.3) is 0 Å². The zero-order chi connectivity index (χ0) is 13.0. The summed E-state index contributed by atoms with van der Waals surface area (Å²) >= 11 is 0. The molecule has 1 fully saturated rings. The summed E-state index contributed by atoms with van der Waals surface area (Å²) < 4.78 is 4.83. The van der Waals surface area contributed by atoms with Gasteiger partial charge in [0, 0.05) is 12.6 Å². The van der Waals surface area contributed by atoms with E-state index in [0.717, 1.165) is 12.1 Å². The Morgan fingerprint density at radius 3 is 2.67 bits per heavy atom. The SMILES string of the molecule is COC(=O)c1ccccc1CN(C)C1CCCC1. The predicted molar refractivity (Wildman–Crippen MR) is 71.5 cm³/mol. The van der Waals surface area contributed by atoms with E-state index in [1.807, 2.05) is 24.3 Å². The summed E-state index contributed by atoms with van der Waals surface area (Å²) in [6, 6.07) is 8.37. The maximum atomic E-state index is 11.7. The quantitative estimate of drug-likeness (QED) is 0.766. The van der Waals surface area contributed by atoms with Gasteiger partial charge in [0.2, 0.25) is 0 Å². The lowest BCUT2D eigenvalue weighted by molar-refractivity contribution is 0.0598. The van der Waals surface area contributed by atoms with Crippen LogP contribution >= 0.6 is 0 Å². The minimum absolute atomic E-state index is 0.245. The summed E-state index contributed by atoms with van der Waals surface area (Å²) in [6.45, 7) is 0.815. The molecule has 0 N–H and O–H groups in total. The van der Waals surface area contributed by atoms with Crippen LogP contribution in [0.1, 0.15) is 41.6 Å². The largest absolute Gasteiger partial charge is 0.465 e. The van der Waals surface area contributed by atoms with Gasteiger partial charge in [-0.1, -0.05) is 31.0 Å².